The van der Waals surface area contributed by atoms with Crippen LogP contribution in [0, 0.1) is 0 Å². The maximum atomic E-state index is 11.9. The van der Waals surface area contributed by atoms with Crippen molar-refractivity contribution in [3.05, 3.63) is 29.3 Å². The molecule has 0 radical (unpaired) electrons. The molecular weight excluding hydrogens is 210 g/mol. The molecule has 0 spiro atoms. The van der Waals surface area contributed by atoms with E-state index in [1.165, 1.54) is 5.56 Å². The summed E-state index contributed by atoms with van der Waals surface area (Å²) in [5.74, 6) is 0. The fourth-order valence-corrected chi connectivity index (χ4v) is 2.83. The normalized spacial score (nSPS) is 15.7. The number of fused-ring (bicyclic) bond motifs is 1. The zero-order chi connectivity index (χ0) is 11.1. The van der Waals surface area contributed by atoms with Gasteiger partial charge in [-0.3, -0.25) is 0 Å². The molecule has 1 aliphatic rings. The lowest BCUT2D eigenvalue weighted by Crippen LogP contribution is -2.14. The van der Waals surface area contributed by atoms with E-state index in [0.29, 0.717) is 4.90 Å². The van der Waals surface area contributed by atoms with E-state index in [9.17, 15) is 8.42 Å². The second-order valence-corrected chi connectivity index (χ2v) is 6.63. The monoisotopic (exact) mass is 225 g/mol. The van der Waals surface area contributed by atoms with Crippen molar-refractivity contribution in [1.29, 1.82) is 0 Å². The molecule has 1 heterocycles. The van der Waals surface area contributed by atoms with Crippen LogP contribution in [0.4, 0.5) is 0 Å². The van der Waals surface area contributed by atoms with E-state index in [1.54, 1.807) is 26.0 Å². The van der Waals surface area contributed by atoms with Gasteiger partial charge in [-0.05, 0) is 37.1 Å². The Kier molecular flexibility index (Phi) is 2.56. The molecule has 0 saturated carbocycles. The fourth-order valence-electron chi connectivity index (χ4n) is 1.72. The van der Waals surface area contributed by atoms with Gasteiger partial charge in [0.2, 0.25) is 0 Å². The Balaban J connectivity index is 2.48. The van der Waals surface area contributed by atoms with E-state index in [4.69, 9.17) is 0 Å². The molecular formula is C11H15NO2S. The third kappa shape index (κ3) is 1.79. The molecule has 4 heteroatoms. The smallest absolute Gasteiger partial charge is 0.180 e. The second-order valence-electron chi connectivity index (χ2n) is 4.13. The minimum atomic E-state index is -3.13. The number of rotatable bonds is 2. The average molecular weight is 225 g/mol. The van der Waals surface area contributed by atoms with E-state index in [0.717, 1.165) is 18.7 Å². The molecule has 0 fully saturated rings. The highest BCUT2D eigenvalue weighted by atomic mass is 32.2. The third-order valence-electron chi connectivity index (χ3n) is 2.76. The van der Waals surface area contributed by atoms with Crippen molar-refractivity contribution in [3.63, 3.8) is 0 Å². The van der Waals surface area contributed by atoms with Crippen molar-refractivity contribution >= 4 is 9.84 Å². The van der Waals surface area contributed by atoms with Crippen molar-refractivity contribution in [1.82, 2.24) is 5.32 Å². The first-order valence-electron chi connectivity index (χ1n) is 5.08. The first-order chi connectivity index (χ1) is 7.01. The van der Waals surface area contributed by atoms with Gasteiger partial charge >= 0.3 is 0 Å². The predicted octanol–water partition coefficient (Wildman–Crippen LogP) is 1.47. The summed E-state index contributed by atoms with van der Waals surface area (Å²) in [5.41, 5.74) is 2.31. The topological polar surface area (TPSA) is 46.2 Å². The van der Waals surface area contributed by atoms with Crippen molar-refractivity contribution < 1.29 is 8.42 Å². The molecule has 15 heavy (non-hydrogen) atoms. The molecule has 3 nitrogen and oxygen atoms in total. The van der Waals surface area contributed by atoms with E-state index < -0.39 is 9.84 Å². The maximum absolute atomic E-state index is 11.9. The molecule has 0 saturated heterocycles. The summed E-state index contributed by atoms with van der Waals surface area (Å²) < 4.78 is 23.8. The zero-order valence-corrected chi connectivity index (χ0v) is 9.76. The van der Waals surface area contributed by atoms with Crippen LogP contribution in [0.25, 0.3) is 0 Å². The highest BCUT2D eigenvalue weighted by Crippen LogP contribution is 2.22. The van der Waals surface area contributed by atoms with Gasteiger partial charge in [-0.15, -0.1) is 0 Å². The van der Waals surface area contributed by atoms with Crippen LogP contribution < -0.4 is 5.32 Å². The van der Waals surface area contributed by atoms with Crippen LogP contribution in [0.15, 0.2) is 23.1 Å². The highest BCUT2D eigenvalue weighted by Gasteiger charge is 2.21. The average Bonchev–Trinajstić information content (AvgIpc) is 2.63. The molecule has 1 aliphatic heterocycles. The van der Waals surface area contributed by atoms with Gasteiger partial charge in [0, 0.05) is 13.1 Å². The Morgan fingerprint density at radius 3 is 2.53 bits per heavy atom. The Bertz CT molecular complexity index is 477. The van der Waals surface area contributed by atoms with Crippen LogP contribution in [0.3, 0.4) is 0 Å². The van der Waals surface area contributed by atoms with Crippen LogP contribution in [-0.4, -0.2) is 13.7 Å². The number of sulfone groups is 1. The Morgan fingerprint density at radius 2 is 1.87 bits per heavy atom. The van der Waals surface area contributed by atoms with Gasteiger partial charge in [0.25, 0.3) is 0 Å². The second kappa shape index (κ2) is 3.61. The van der Waals surface area contributed by atoms with Gasteiger partial charge in [-0.2, -0.15) is 0 Å². The lowest BCUT2D eigenvalue weighted by molar-refractivity contribution is 0.587. The standard InChI is InChI=1S/C11H15NO2S/c1-8(2)15(13,14)11-4-3-9-6-12-7-10(9)5-11/h3-5,8,12H,6-7H2,1-2H3. The summed E-state index contributed by atoms with van der Waals surface area (Å²) in [6, 6.07) is 5.41. The molecule has 2 rings (SSSR count). The summed E-state index contributed by atoms with van der Waals surface area (Å²) in [5, 5.41) is 2.84. The van der Waals surface area contributed by atoms with Crippen LogP contribution in [0.2, 0.25) is 0 Å². The summed E-state index contributed by atoms with van der Waals surface area (Å²) in [7, 11) is -3.13. The number of hydrogen-bond acceptors (Lipinski definition) is 3. The van der Waals surface area contributed by atoms with Gasteiger partial charge in [0.1, 0.15) is 0 Å². The third-order valence-corrected chi connectivity index (χ3v) is 4.91. The largest absolute Gasteiger partial charge is 0.309 e. The number of hydrogen-bond donors (Lipinski definition) is 1. The first-order valence-corrected chi connectivity index (χ1v) is 6.63. The lowest BCUT2D eigenvalue weighted by atomic mass is 10.1. The minimum absolute atomic E-state index is 0.357. The fraction of sp³-hybridized carbons (Fsp3) is 0.455. The molecule has 0 aromatic heterocycles. The molecule has 1 aromatic rings. The SMILES string of the molecule is CC(C)S(=O)(=O)c1ccc2c(c1)CNC2. The molecule has 0 aliphatic carbocycles. The van der Waals surface area contributed by atoms with Gasteiger partial charge in [0.05, 0.1) is 10.1 Å². The zero-order valence-electron chi connectivity index (χ0n) is 8.95. The molecule has 82 valence electrons. The summed E-state index contributed by atoms with van der Waals surface area (Å²) >= 11 is 0. The van der Waals surface area contributed by atoms with Crippen LogP contribution in [0.5, 0.6) is 0 Å². The molecule has 0 unspecified atom stereocenters. The number of benzene rings is 1. The van der Waals surface area contributed by atoms with Gasteiger partial charge < -0.3 is 5.32 Å². The van der Waals surface area contributed by atoms with E-state index in [1.807, 2.05) is 6.07 Å². The van der Waals surface area contributed by atoms with Crippen LogP contribution in [0.1, 0.15) is 25.0 Å². The molecule has 0 bridgehead atoms. The minimum Gasteiger partial charge on any atom is -0.309 e. The van der Waals surface area contributed by atoms with Crippen molar-refractivity contribution in [3.8, 4) is 0 Å². The quantitative estimate of drug-likeness (QED) is 0.829. The van der Waals surface area contributed by atoms with E-state index >= 15 is 0 Å². The van der Waals surface area contributed by atoms with Gasteiger partial charge in [-0.1, -0.05) is 6.07 Å². The van der Waals surface area contributed by atoms with E-state index in [2.05, 4.69) is 5.32 Å². The number of nitrogens with one attached hydrogen (secondary N) is 1. The van der Waals surface area contributed by atoms with Gasteiger partial charge in [0.15, 0.2) is 9.84 Å². The summed E-state index contributed by atoms with van der Waals surface area (Å²) in [6.45, 7) is 5.04. The molecule has 1 N–H and O–H groups in total. The highest BCUT2D eigenvalue weighted by molar-refractivity contribution is 7.92. The van der Waals surface area contributed by atoms with Crippen LogP contribution in [-0.2, 0) is 22.9 Å². The maximum Gasteiger partial charge on any atom is 0.180 e. The Morgan fingerprint density at radius 1 is 1.20 bits per heavy atom. The van der Waals surface area contributed by atoms with Crippen molar-refractivity contribution in [2.45, 2.75) is 37.1 Å². The van der Waals surface area contributed by atoms with Crippen molar-refractivity contribution in [2.75, 3.05) is 0 Å². The summed E-state index contributed by atoms with van der Waals surface area (Å²) in [6.07, 6.45) is 0. The molecule has 0 atom stereocenters. The lowest BCUT2D eigenvalue weighted by Gasteiger charge is -2.08. The van der Waals surface area contributed by atoms with Crippen molar-refractivity contribution in [2.24, 2.45) is 0 Å². The molecule has 0 amide bonds. The Hall–Kier alpha value is -0.870. The molecule has 1 aromatic carbocycles. The Labute approximate surface area is 90.4 Å². The summed E-state index contributed by atoms with van der Waals surface area (Å²) in [4.78, 5) is 0.444. The van der Waals surface area contributed by atoms with Crippen LogP contribution >= 0.6 is 0 Å². The first kappa shape index (κ1) is 10.6. The van der Waals surface area contributed by atoms with E-state index in [-0.39, 0.29) is 5.25 Å². The predicted molar refractivity (Wildman–Crippen MR) is 59.3 cm³/mol. The van der Waals surface area contributed by atoms with Gasteiger partial charge in [-0.25, -0.2) is 8.42 Å².